The molecule has 0 fully saturated rings. The summed E-state index contributed by atoms with van der Waals surface area (Å²) in [6.45, 7) is 5.04. The van der Waals surface area contributed by atoms with Gasteiger partial charge < -0.3 is 15.7 Å². The van der Waals surface area contributed by atoms with E-state index in [-0.39, 0.29) is 23.8 Å². The quantitative estimate of drug-likeness (QED) is 0.527. The lowest BCUT2D eigenvalue weighted by molar-refractivity contribution is -0.385. The number of nitrogens with one attached hydrogen (secondary N) is 2. The number of rotatable bonds is 6. The summed E-state index contributed by atoms with van der Waals surface area (Å²) in [6.07, 6.45) is 0.596. The van der Waals surface area contributed by atoms with Gasteiger partial charge in [0.1, 0.15) is 5.69 Å². The lowest BCUT2D eigenvalue weighted by Gasteiger charge is -2.27. The van der Waals surface area contributed by atoms with E-state index in [9.17, 15) is 15.2 Å². The average Bonchev–Trinajstić information content (AvgIpc) is 2.37. The lowest BCUT2D eigenvalue weighted by Crippen LogP contribution is -2.38. The zero-order valence-electron chi connectivity index (χ0n) is 11.5. The number of hydrogen-bond donors (Lipinski definition) is 3. The van der Waals surface area contributed by atoms with Gasteiger partial charge in [-0.15, -0.1) is 0 Å². The normalized spacial score (nSPS) is 13.7. The predicted molar refractivity (Wildman–Crippen MR) is 72.4 cm³/mol. The second-order valence-corrected chi connectivity index (χ2v) is 4.53. The van der Waals surface area contributed by atoms with Crippen molar-refractivity contribution >= 4 is 17.5 Å². The highest BCUT2D eigenvalue weighted by Crippen LogP contribution is 2.29. The average molecular weight is 269 g/mol. The maximum atomic E-state index is 11.1. The molecule has 0 spiro atoms. The molecule has 0 aliphatic heterocycles. The second kappa shape index (κ2) is 5.79. The van der Waals surface area contributed by atoms with Gasteiger partial charge >= 0.3 is 5.69 Å². The van der Waals surface area contributed by atoms with Gasteiger partial charge in [-0.1, -0.05) is 6.92 Å². The minimum atomic E-state index is -0.670. The maximum Gasteiger partial charge on any atom is 0.332 e. The Morgan fingerprint density at radius 1 is 1.47 bits per heavy atom. The van der Waals surface area contributed by atoms with Crippen molar-refractivity contribution in [2.75, 3.05) is 24.3 Å². The van der Waals surface area contributed by atoms with Gasteiger partial charge in [-0.2, -0.15) is 4.98 Å². The van der Waals surface area contributed by atoms with Crippen LogP contribution >= 0.6 is 0 Å². The first-order valence-corrected chi connectivity index (χ1v) is 5.96. The van der Waals surface area contributed by atoms with Crippen LogP contribution in [0.4, 0.5) is 17.5 Å². The van der Waals surface area contributed by atoms with E-state index in [0.29, 0.717) is 12.4 Å². The number of aryl methyl sites for hydroxylation is 1. The molecule has 1 aromatic heterocycles. The van der Waals surface area contributed by atoms with Gasteiger partial charge in [0.05, 0.1) is 17.1 Å². The molecule has 106 valence electrons. The zero-order chi connectivity index (χ0) is 14.6. The molecule has 3 N–H and O–H groups in total. The Bertz CT molecular complexity index is 474. The second-order valence-electron chi connectivity index (χ2n) is 4.53. The Balaban J connectivity index is 3.31. The van der Waals surface area contributed by atoms with Crippen LogP contribution in [0.25, 0.3) is 0 Å². The Kier molecular flexibility index (Phi) is 4.60. The van der Waals surface area contributed by atoms with Crippen molar-refractivity contribution < 1.29 is 10.0 Å². The van der Waals surface area contributed by atoms with Gasteiger partial charge in [0, 0.05) is 7.05 Å². The van der Waals surface area contributed by atoms with Crippen LogP contribution in [0, 0.1) is 17.0 Å². The monoisotopic (exact) mass is 269 g/mol. The number of aliphatic hydroxyl groups is 1. The van der Waals surface area contributed by atoms with Gasteiger partial charge in [-0.05, 0) is 20.3 Å². The fourth-order valence-electron chi connectivity index (χ4n) is 1.51. The van der Waals surface area contributed by atoms with Crippen molar-refractivity contribution in [1.29, 1.82) is 0 Å². The topological polar surface area (TPSA) is 113 Å². The van der Waals surface area contributed by atoms with E-state index in [4.69, 9.17) is 0 Å². The lowest BCUT2D eigenvalue weighted by atomic mass is 10.0. The summed E-state index contributed by atoms with van der Waals surface area (Å²) in [7, 11) is 1.63. The molecule has 0 aliphatic carbocycles. The molecule has 0 amide bonds. The molecule has 1 unspecified atom stereocenters. The highest BCUT2D eigenvalue weighted by Gasteiger charge is 2.28. The fourth-order valence-corrected chi connectivity index (χ4v) is 1.51. The molecule has 1 rings (SSSR count). The smallest absolute Gasteiger partial charge is 0.332 e. The number of anilines is 2. The summed E-state index contributed by atoms with van der Waals surface area (Å²) in [5, 5.41) is 26.2. The number of nitro groups is 1. The molecule has 19 heavy (non-hydrogen) atoms. The maximum absolute atomic E-state index is 11.1. The number of aliphatic hydroxyl groups excluding tert-OH is 1. The third-order valence-electron chi connectivity index (χ3n) is 3.01. The van der Waals surface area contributed by atoms with Gasteiger partial charge in [0.25, 0.3) is 0 Å². The van der Waals surface area contributed by atoms with Crippen molar-refractivity contribution in [3.63, 3.8) is 0 Å². The van der Waals surface area contributed by atoms with Crippen LogP contribution in [0.3, 0.4) is 0 Å². The fraction of sp³-hybridized carbons (Fsp3) is 0.636. The molecule has 1 atom stereocenters. The van der Waals surface area contributed by atoms with Crippen LogP contribution in [0.5, 0.6) is 0 Å². The SMILES string of the molecule is CCC(C)(CO)Nc1nc(NC)nc(C)c1[N+](=O)[O-]. The van der Waals surface area contributed by atoms with Crippen LogP contribution in [0.1, 0.15) is 26.0 Å². The van der Waals surface area contributed by atoms with Gasteiger partial charge in [0.2, 0.25) is 11.8 Å². The first kappa shape index (κ1) is 15.1. The summed E-state index contributed by atoms with van der Waals surface area (Å²) in [4.78, 5) is 18.6. The van der Waals surface area contributed by atoms with E-state index in [0.717, 1.165) is 0 Å². The molecule has 0 saturated heterocycles. The largest absolute Gasteiger partial charge is 0.394 e. The highest BCUT2D eigenvalue weighted by molar-refractivity contribution is 5.61. The molecule has 0 radical (unpaired) electrons. The summed E-state index contributed by atoms with van der Waals surface area (Å²) in [5.41, 5.74) is -0.577. The van der Waals surface area contributed by atoms with Crippen LogP contribution < -0.4 is 10.6 Å². The van der Waals surface area contributed by atoms with Crippen molar-refractivity contribution in [3.05, 3.63) is 15.8 Å². The molecule has 0 saturated carbocycles. The molecule has 1 heterocycles. The summed E-state index contributed by atoms with van der Waals surface area (Å²) in [5.74, 6) is 0.405. The summed E-state index contributed by atoms with van der Waals surface area (Å²) in [6, 6.07) is 0. The molecule has 0 aliphatic rings. The van der Waals surface area contributed by atoms with Crippen LogP contribution in [-0.2, 0) is 0 Å². The van der Waals surface area contributed by atoms with E-state index in [1.807, 2.05) is 6.92 Å². The van der Waals surface area contributed by atoms with Crippen molar-refractivity contribution in [2.45, 2.75) is 32.7 Å². The van der Waals surface area contributed by atoms with E-state index < -0.39 is 10.5 Å². The summed E-state index contributed by atoms with van der Waals surface area (Å²) < 4.78 is 0. The Morgan fingerprint density at radius 3 is 2.53 bits per heavy atom. The van der Waals surface area contributed by atoms with Gasteiger partial charge in [-0.3, -0.25) is 10.1 Å². The van der Waals surface area contributed by atoms with Crippen molar-refractivity contribution in [3.8, 4) is 0 Å². The predicted octanol–water partition coefficient (Wildman–Crippen LogP) is 1.31. The van der Waals surface area contributed by atoms with Crippen LogP contribution in [0.2, 0.25) is 0 Å². The van der Waals surface area contributed by atoms with Gasteiger partial charge in [-0.25, -0.2) is 4.98 Å². The highest BCUT2D eigenvalue weighted by atomic mass is 16.6. The van der Waals surface area contributed by atoms with Crippen LogP contribution in [0.15, 0.2) is 0 Å². The standard InChI is InChI=1S/C11H19N5O3/c1-5-11(3,6-17)15-9-8(16(18)19)7(2)13-10(12-4)14-9/h17H,5-6H2,1-4H3,(H2,12,13,14,15). The van der Waals surface area contributed by atoms with E-state index in [1.54, 1.807) is 20.9 Å². The number of nitrogens with zero attached hydrogens (tertiary/aromatic N) is 3. The Hall–Kier alpha value is -1.96. The first-order chi connectivity index (χ1) is 8.86. The van der Waals surface area contributed by atoms with Crippen molar-refractivity contribution in [1.82, 2.24) is 9.97 Å². The molecule has 0 bridgehead atoms. The van der Waals surface area contributed by atoms with Crippen molar-refractivity contribution in [2.24, 2.45) is 0 Å². The number of aromatic nitrogens is 2. The van der Waals surface area contributed by atoms with E-state index in [1.165, 1.54) is 0 Å². The van der Waals surface area contributed by atoms with E-state index in [2.05, 4.69) is 20.6 Å². The first-order valence-electron chi connectivity index (χ1n) is 5.96. The molecular formula is C11H19N5O3. The summed E-state index contributed by atoms with van der Waals surface area (Å²) >= 11 is 0. The van der Waals surface area contributed by atoms with Crippen LogP contribution in [-0.4, -0.2) is 39.2 Å². The minimum absolute atomic E-state index is 0.111. The van der Waals surface area contributed by atoms with Gasteiger partial charge in [0.15, 0.2) is 0 Å². The molecule has 0 aromatic carbocycles. The Morgan fingerprint density at radius 2 is 2.11 bits per heavy atom. The molecular weight excluding hydrogens is 250 g/mol. The number of hydrogen-bond acceptors (Lipinski definition) is 7. The molecule has 8 nitrogen and oxygen atoms in total. The third-order valence-corrected chi connectivity index (χ3v) is 3.01. The third kappa shape index (κ3) is 3.28. The zero-order valence-corrected chi connectivity index (χ0v) is 11.5. The molecule has 1 aromatic rings. The van der Waals surface area contributed by atoms with E-state index >= 15 is 0 Å². The Labute approximate surface area is 111 Å². The minimum Gasteiger partial charge on any atom is -0.394 e. The molecule has 8 heteroatoms.